The third kappa shape index (κ3) is 5.80. The van der Waals surface area contributed by atoms with Crippen LogP contribution in [0.2, 0.25) is 0 Å². The van der Waals surface area contributed by atoms with Crippen LogP contribution >= 0.6 is 0 Å². The van der Waals surface area contributed by atoms with E-state index in [4.69, 9.17) is 4.42 Å². The number of carbonyl (C=O) groups excluding carboxylic acids is 1. The molecular weight excluding hydrogens is 495 g/mol. The molecule has 0 spiro atoms. The van der Waals surface area contributed by atoms with Gasteiger partial charge in [0.1, 0.15) is 11.4 Å². The number of pyridine rings is 1. The van der Waals surface area contributed by atoms with E-state index in [1.165, 1.54) is 36.4 Å². The zero-order valence-corrected chi connectivity index (χ0v) is 19.7. The highest BCUT2D eigenvalue weighted by atomic mass is 32.2. The van der Waals surface area contributed by atoms with E-state index in [1.807, 2.05) is 0 Å². The highest BCUT2D eigenvalue weighted by Gasteiger charge is 2.41. The lowest BCUT2D eigenvalue weighted by molar-refractivity contribution is -0.153. The second-order valence-corrected chi connectivity index (χ2v) is 9.98. The highest BCUT2D eigenvalue weighted by molar-refractivity contribution is 7.90. The fourth-order valence-corrected chi connectivity index (χ4v) is 4.63. The smallest absolute Gasteiger partial charge is 0.431 e. The van der Waals surface area contributed by atoms with Crippen molar-refractivity contribution >= 4 is 15.7 Å². The maximum absolute atomic E-state index is 13.6. The molecule has 36 heavy (non-hydrogen) atoms. The Labute approximate surface area is 204 Å². The van der Waals surface area contributed by atoms with Crippen LogP contribution in [0.4, 0.5) is 13.2 Å². The first-order chi connectivity index (χ1) is 17.0. The number of hydrogen-bond acceptors (Lipinski definition) is 6. The lowest BCUT2D eigenvalue weighted by Crippen LogP contribution is -2.22. The van der Waals surface area contributed by atoms with Crippen molar-refractivity contribution < 1.29 is 30.8 Å². The quantitative estimate of drug-likeness (QED) is 0.373. The van der Waals surface area contributed by atoms with Gasteiger partial charge >= 0.3 is 6.18 Å². The van der Waals surface area contributed by atoms with Gasteiger partial charge in [-0.25, -0.2) is 13.4 Å². The van der Waals surface area contributed by atoms with Crippen LogP contribution in [0.15, 0.2) is 82.4 Å². The van der Waals surface area contributed by atoms with Crippen LogP contribution in [0.1, 0.15) is 32.9 Å². The molecule has 0 fully saturated rings. The normalized spacial score (nSPS) is 11.9. The van der Waals surface area contributed by atoms with Gasteiger partial charge in [0.05, 0.1) is 4.90 Å². The number of carbonyl (C=O) groups is 1. The van der Waals surface area contributed by atoms with E-state index < -0.39 is 45.0 Å². The second-order valence-electron chi connectivity index (χ2n) is 7.99. The van der Waals surface area contributed by atoms with Crippen LogP contribution in [-0.2, 0) is 28.3 Å². The molecule has 1 N–H and O–H groups in total. The summed E-state index contributed by atoms with van der Waals surface area (Å²) in [7, 11) is -4.11. The standard InChI is InChI=1S/C25H20F3N3O4S/c1-16-4-10-20(11-5-16)36(33,34)15-21-22(25(26,27)28)35-24(31-21)19-8-6-18(7-9-19)23(32)30-14-17-3-2-12-29-13-17/h2-13H,14-15H2,1H3,(H,30,32). The molecule has 1 amide bonds. The molecule has 0 aliphatic heterocycles. The Balaban J connectivity index is 1.56. The average molecular weight is 516 g/mol. The first-order valence-electron chi connectivity index (χ1n) is 10.7. The number of nitrogens with zero attached hydrogens (tertiary/aromatic N) is 2. The molecule has 2 aromatic carbocycles. The minimum Gasteiger partial charge on any atom is -0.431 e. The Kier molecular flexibility index (Phi) is 6.93. The zero-order valence-electron chi connectivity index (χ0n) is 18.9. The van der Waals surface area contributed by atoms with Gasteiger partial charge in [-0.3, -0.25) is 9.78 Å². The molecule has 11 heteroatoms. The fourth-order valence-electron chi connectivity index (χ4n) is 3.35. The molecule has 0 aliphatic rings. The molecule has 4 rings (SSSR count). The summed E-state index contributed by atoms with van der Waals surface area (Å²) >= 11 is 0. The van der Waals surface area contributed by atoms with Crippen molar-refractivity contribution in [3.8, 4) is 11.5 Å². The lowest BCUT2D eigenvalue weighted by Gasteiger charge is -2.06. The molecule has 0 bridgehead atoms. The van der Waals surface area contributed by atoms with Crippen LogP contribution in [0, 0.1) is 6.92 Å². The predicted octanol–water partition coefficient (Wildman–Crippen LogP) is 4.97. The van der Waals surface area contributed by atoms with Gasteiger partial charge in [-0.1, -0.05) is 23.8 Å². The SMILES string of the molecule is Cc1ccc(S(=O)(=O)Cc2nc(-c3ccc(C(=O)NCc4cccnc4)cc3)oc2C(F)(F)F)cc1. The van der Waals surface area contributed by atoms with Crippen molar-refractivity contribution in [2.24, 2.45) is 0 Å². The van der Waals surface area contributed by atoms with Crippen LogP contribution in [0.5, 0.6) is 0 Å². The molecule has 2 aromatic heterocycles. The van der Waals surface area contributed by atoms with Crippen molar-refractivity contribution in [1.82, 2.24) is 15.3 Å². The number of amides is 1. The number of hydrogen-bond donors (Lipinski definition) is 1. The third-order valence-electron chi connectivity index (χ3n) is 5.23. The van der Waals surface area contributed by atoms with E-state index in [-0.39, 0.29) is 22.6 Å². The summed E-state index contributed by atoms with van der Waals surface area (Å²) in [4.78, 5) is 20.1. The molecule has 0 radical (unpaired) electrons. The molecule has 0 unspecified atom stereocenters. The Bertz CT molecular complexity index is 1470. The minimum atomic E-state index is -4.95. The molecule has 186 valence electrons. The van der Waals surface area contributed by atoms with E-state index >= 15 is 0 Å². The molecule has 0 saturated heterocycles. The Morgan fingerprint density at radius 3 is 2.33 bits per heavy atom. The monoisotopic (exact) mass is 515 g/mol. The fraction of sp³-hybridized carbons (Fsp3) is 0.160. The summed E-state index contributed by atoms with van der Waals surface area (Å²) in [5, 5.41) is 2.72. The van der Waals surface area contributed by atoms with E-state index in [9.17, 15) is 26.4 Å². The number of halogens is 3. The molecular formula is C25H20F3N3O4S. The number of aromatic nitrogens is 2. The third-order valence-corrected chi connectivity index (χ3v) is 6.88. The molecule has 0 saturated carbocycles. The van der Waals surface area contributed by atoms with Crippen LogP contribution in [0.3, 0.4) is 0 Å². The summed E-state index contributed by atoms with van der Waals surface area (Å²) in [6.45, 7) is 2.01. The molecule has 0 atom stereocenters. The Morgan fingerprint density at radius 1 is 1.03 bits per heavy atom. The first kappa shape index (κ1) is 25.1. The van der Waals surface area contributed by atoms with Crippen molar-refractivity contribution in [1.29, 1.82) is 0 Å². The van der Waals surface area contributed by atoms with Crippen LogP contribution in [-0.4, -0.2) is 24.3 Å². The van der Waals surface area contributed by atoms with Gasteiger partial charge in [-0.05, 0) is 55.0 Å². The number of rotatable bonds is 7. The number of nitrogens with one attached hydrogen (secondary N) is 1. The van der Waals surface area contributed by atoms with E-state index in [2.05, 4.69) is 15.3 Å². The van der Waals surface area contributed by atoms with Crippen molar-refractivity contribution in [3.05, 3.63) is 101 Å². The van der Waals surface area contributed by atoms with Crippen LogP contribution < -0.4 is 5.32 Å². The molecule has 7 nitrogen and oxygen atoms in total. The van der Waals surface area contributed by atoms with Gasteiger partial charge in [0.2, 0.25) is 11.7 Å². The van der Waals surface area contributed by atoms with Crippen molar-refractivity contribution in [2.75, 3.05) is 0 Å². The Morgan fingerprint density at radius 2 is 1.72 bits per heavy atom. The Hall–Kier alpha value is -3.99. The van der Waals surface area contributed by atoms with Crippen molar-refractivity contribution in [3.63, 3.8) is 0 Å². The van der Waals surface area contributed by atoms with Gasteiger partial charge in [0.15, 0.2) is 9.84 Å². The summed E-state index contributed by atoms with van der Waals surface area (Å²) in [5.74, 6) is -3.26. The summed E-state index contributed by atoms with van der Waals surface area (Å²) in [6, 6.07) is 14.9. The van der Waals surface area contributed by atoms with E-state index in [0.717, 1.165) is 11.1 Å². The maximum Gasteiger partial charge on any atom is 0.451 e. The second kappa shape index (κ2) is 9.94. The minimum absolute atomic E-state index is 0.118. The number of alkyl halides is 3. The van der Waals surface area contributed by atoms with Gasteiger partial charge in [0.25, 0.3) is 5.91 Å². The predicted molar refractivity (Wildman–Crippen MR) is 124 cm³/mol. The maximum atomic E-state index is 13.6. The van der Waals surface area contributed by atoms with E-state index in [1.54, 1.807) is 43.6 Å². The lowest BCUT2D eigenvalue weighted by atomic mass is 10.1. The number of aryl methyl sites for hydroxylation is 1. The molecule has 4 aromatic rings. The van der Waals surface area contributed by atoms with Crippen LogP contribution in [0.25, 0.3) is 11.5 Å². The molecule has 2 heterocycles. The van der Waals surface area contributed by atoms with Gasteiger partial charge < -0.3 is 9.73 Å². The highest BCUT2D eigenvalue weighted by Crippen LogP contribution is 2.36. The number of sulfone groups is 1. The summed E-state index contributed by atoms with van der Waals surface area (Å²) in [5.41, 5.74) is 1.30. The number of oxazole rings is 1. The van der Waals surface area contributed by atoms with Gasteiger partial charge in [0, 0.05) is 30.1 Å². The van der Waals surface area contributed by atoms with Crippen molar-refractivity contribution in [2.45, 2.75) is 30.3 Å². The summed E-state index contributed by atoms with van der Waals surface area (Å²) < 4.78 is 71.3. The van der Waals surface area contributed by atoms with E-state index in [0.29, 0.717) is 0 Å². The van der Waals surface area contributed by atoms with Gasteiger partial charge in [-0.15, -0.1) is 0 Å². The topological polar surface area (TPSA) is 102 Å². The zero-order chi connectivity index (χ0) is 25.9. The summed E-state index contributed by atoms with van der Waals surface area (Å²) in [6.07, 6.45) is -1.73. The largest absolute Gasteiger partial charge is 0.451 e. The first-order valence-corrected chi connectivity index (χ1v) is 12.3. The average Bonchev–Trinajstić information content (AvgIpc) is 3.27. The van der Waals surface area contributed by atoms with Gasteiger partial charge in [-0.2, -0.15) is 13.2 Å². The number of benzene rings is 2. The molecule has 0 aliphatic carbocycles.